The number of nitrogens with one attached hydrogen (secondary N) is 2. The second-order valence-electron chi connectivity index (χ2n) is 6.12. The molecule has 1 aliphatic rings. The summed E-state index contributed by atoms with van der Waals surface area (Å²) in [5, 5.41) is 10.9. The molecule has 1 fully saturated rings. The van der Waals surface area contributed by atoms with Crippen LogP contribution in [0, 0.1) is 19.8 Å². The third-order valence-corrected chi connectivity index (χ3v) is 4.53. The van der Waals surface area contributed by atoms with Crippen molar-refractivity contribution in [2.75, 3.05) is 19.6 Å². The number of nitrogens with zero attached hydrogens (tertiary/aromatic N) is 2. The zero-order valence-corrected chi connectivity index (χ0v) is 13.5. The number of aryl methyl sites for hydroxylation is 2. The van der Waals surface area contributed by atoms with Gasteiger partial charge in [0, 0.05) is 25.7 Å². The number of aromatic nitrogens is 2. The summed E-state index contributed by atoms with van der Waals surface area (Å²) >= 11 is 0. The van der Waals surface area contributed by atoms with Gasteiger partial charge in [0.1, 0.15) is 0 Å². The van der Waals surface area contributed by atoms with E-state index in [4.69, 9.17) is 0 Å². The maximum absolute atomic E-state index is 11.9. The van der Waals surface area contributed by atoms with Gasteiger partial charge in [0.15, 0.2) is 0 Å². The molecular weight excluding hydrogens is 264 g/mol. The van der Waals surface area contributed by atoms with Crippen molar-refractivity contribution in [2.24, 2.45) is 13.0 Å². The Bertz CT molecular complexity index is 475. The summed E-state index contributed by atoms with van der Waals surface area (Å²) < 4.78 is 1.89. The third-order valence-electron chi connectivity index (χ3n) is 4.53. The van der Waals surface area contributed by atoms with Crippen LogP contribution in [0.4, 0.5) is 0 Å². The van der Waals surface area contributed by atoms with E-state index in [-0.39, 0.29) is 5.91 Å². The molecule has 5 nitrogen and oxygen atoms in total. The normalized spacial score (nSPS) is 18.7. The average Bonchev–Trinajstić information content (AvgIpc) is 2.71. The van der Waals surface area contributed by atoms with Gasteiger partial charge in [-0.2, -0.15) is 5.10 Å². The van der Waals surface area contributed by atoms with Crippen molar-refractivity contribution < 1.29 is 4.79 Å². The quantitative estimate of drug-likeness (QED) is 0.835. The lowest BCUT2D eigenvalue weighted by molar-refractivity contribution is -0.121. The lowest BCUT2D eigenvalue weighted by Gasteiger charge is -2.22. The number of hydrogen-bond donors (Lipinski definition) is 2. The molecule has 1 aromatic heterocycles. The molecule has 21 heavy (non-hydrogen) atoms. The second kappa shape index (κ2) is 7.59. The minimum atomic E-state index is 0.154. The minimum Gasteiger partial charge on any atom is -0.356 e. The fourth-order valence-corrected chi connectivity index (χ4v) is 3.09. The summed E-state index contributed by atoms with van der Waals surface area (Å²) in [6.45, 7) is 7.12. The van der Waals surface area contributed by atoms with E-state index >= 15 is 0 Å². The van der Waals surface area contributed by atoms with E-state index in [1.165, 1.54) is 18.4 Å². The summed E-state index contributed by atoms with van der Waals surface area (Å²) in [6.07, 6.45) is 4.97. The summed E-state index contributed by atoms with van der Waals surface area (Å²) in [6, 6.07) is 0. The molecule has 5 heteroatoms. The van der Waals surface area contributed by atoms with Gasteiger partial charge >= 0.3 is 0 Å². The molecule has 1 atom stereocenters. The Balaban J connectivity index is 1.67. The minimum absolute atomic E-state index is 0.154. The van der Waals surface area contributed by atoms with Crippen LogP contribution in [0.25, 0.3) is 0 Å². The van der Waals surface area contributed by atoms with Gasteiger partial charge in [0.2, 0.25) is 5.91 Å². The first-order chi connectivity index (χ1) is 10.1. The van der Waals surface area contributed by atoms with Crippen LogP contribution in [0.3, 0.4) is 0 Å². The summed E-state index contributed by atoms with van der Waals surface area (Å²) in [5.74, 6) is 0.878. The smallest absolute Gasteiger partial charge is 0.220 e. The van der Waals surface area contributed by atoms with E-state index in [2.05, 4.69) is 22.7 Å². The molecule has 2 N–H and O–H groups in total. The molecule has 1 aromatic rings. The Morgan fingerprint density at radius 3 is 2.90 bits per heavy atom. The highest BCUT2D eigenvalue weighted by atomic mass is 16.1. The predicted octanol–water partition coefficient (Wildman–Crippen LogP) is 1.48. The standard InChI is InChI=1S/C16H28N4O/c1-12-15(13(2)20(3)19-12)6-7-16(21)18-10-8-14-5-4-9-17-11-14/h14,17H,4-11H2,1-3H3,(H,18,21). The van der Waals surface area contributed by atoms with Crippen LogP contribution < -0.4 is 10.6 Å². The Labute approximate surface area is 127 Å². The molecule has 1 saturated heterocycles. The molecular formula is C16H28N4O. The first-order valence-electron chi connectivity index (χ1n) is 8.04. The molecule has 1 amide bonds. The molecule has 0 aromatic carbocycles. The number of amides is 1. The van der Waals surface area contributed by atoms with Crippen LogP contribution in [0.5, 0.6) is 0 Å². The van der Waals surface area contributed by atoms with E-state index < -0.39 is 0 Å². The van der Waals surface area contributed by atoms with Crippen molar-refractivity contribution in [1.29, 1.82) is 0 Å². The van der Waals surface area contributed by atoms with Crippen molar-refractivity contribution in [2.45, 2.75) is 46.0 Å². The lowest BCUT2D eigenvalue weighted by atomic mass is 9.96. The number of rotatable bonds is 6. The molecule has 0 bridgehead atoms. The van der Waals surface area contributed by atoms with Gasteiger partial charge in [0.05, 0.1) is 5.69 Å². The van der Waals surface area contributed by atoms with Crippen molar-refractivity contribution >= 4 is 5.91 Å². The molecule has 0 saturated carbocycles. The van der Waals surface area contributed by atoms with Crippen LogP contribution in [0.15, 0.2) is 0 Å². The van der Waals surface area contributed by atoms with E-state index in [0.29, 0.717) is 6.42 Å². The van der Waals surface area contributed by atoms with Crippen molar-refractivity contribution in [3.63, 3.8) is 0 Å². The molecule has 2 heterocycles. The predicted molar refractivity (Wildman–Crippen MR) is 84.2 cm³/mol. The first kappa shape index (κ1) is 16.0. The lowest BCUT2D eigenvalue weighted by Crippen LogP contribution is -2.33. The van der Waals surface area contributed by atoms with Crippen LogP contribution in [0.2, 0.25) is 0 Å². The van der Waals surface area contributed by atoms with Crippen LogP contribution in [0.1, 0.15) is 42.6 Å². The molecule has 1 aliphatic heterocycles. The summed E-state index contributed by atoms with van der Waals surface area (Å²) in [7, 11) is 1.95. The summed E-state index contributed by atoms with van der Waals surface area (Å²) in [4.78, 5) is 11.9. The second-order valence-corrected chi connectivity index (χ2v) is 6.12. The third kappa shape index (κ3) is 4.56. The van der Waals surface area contributed by atoms with Crippen LogP contribution in [-0.4, -0.2) is 35.3 Å². The fourth-order valence-electron chi connectivity index (χ4n) is 3.09. The van der Waals surface area contributed by atoms with Gasteiger partial charge in [0.25, 0.3) is 0 Å². The molecule has 1 unspecified atom stereocenters. The van der Waals surface area contributed by atoms with E-state index in [9.17, 15) is 4.79 Å². The Morgan fingerprint density at radius 2 is 2.29 bits per heavy atom. The fraction of sp³-hybridized carbons (Fsp3) is 0.750. The number of carbonyl (C=O) groups excluding carboxylic acids is 1. The largest absolute Gasteiger partial charge is 0.356 e. The Kier molecular flexibility index (Phi) is 5.79. The van der Waals surface area contributed by atoms with E-state index in [1.54, 1.807) is 0 Å². The zero-order chi connectivity index (χ0) is 15.2. The Hall–Kier alpha value is -1.36. The van der Waals surface area contributed by atoms with Crippen molar-refractivity contribution in [3.8, 4) is 0 Å². The SMILES string of the molecule is Cc1nn(C)c(C)c1CCC(=O)NCCC1CCCNC1. The molecule has 2 rings (SSSR count). The molecule has 0 aliphatic carbocycles. The highest BCUT2D eigenvalue weighted by Crippen LogP contribution is 2.14. The number of hydrogen-bond acceptors (Lipinski definition) is 3. The summed E-state index contributed by atoms with van der Waals surface area (Å²) in [5.41, 5.74) is 3.41. The first-order valence-corrected chi connectivity index (χ1v) is 8.04. The van der Waals surface area contributed by atoms with Gasteiger partial charge in [-0.3, -0.25) is 9.48 Å². The highest BCUT2D eigenvalue weighted by Gasteiger charge is 2.14. The van der Waals surface area contributed by atoms with Gasteiger partial charge in [-0.15, -0.1) is 0 Å². The Morgan fingerprint density at radius 1 is 1.48 bits per heavy atom. The van der Waals surface area contributed by atoms with Gasteiger partial charge in [-0.05, 0) is 64.1 Å². The monoisotopic (exact) mass is 292 g/mol. The van der Waals surface area contributed by atoms with Gasteiger partial charge in [-0.1, -0.05) is 0 Å². The van der Waals surface area contributed by atoms with Gasteiger partial charge < -0.3 is 10.6 Å². The number of carbonyl (C=O) groups is 1. The molecule has 0 radical (unpaired) electrons. The molecule has 0 spiro atoms. The van der Waals surface area contributed by atoms with Gasteiger partial charge in [-0.25, -0.2) is 0 Å². The van der Waals surface area contributed by atoms with Crippen molar-refractivity contribution in [3.05, 3.63) is 17.0 Å². The topological polar surface area (TPSA) is 59.0 Å². The highest BCUT2D eigenvalue weighted by molar-refractivity contribution is 5.76. The zero-order valence-electron chi connectivity index (χ0n) is 13.5. The molecule has 118 valence electrons. The van der Waals surface area contributed by atoms with Crippen LogP contribution in [-0.2, 0) is 18.3 Å². The average molecular weight is 292 g/mol. The van der Waals surface area contributed by atoms with E-state index in [1.807, 2.05) is 18.7 Å². The maximum Gasteiger partial charge on any atom is 0.220 e. The maximum atomic E-state index is 11.9. The van der Waals surface area contributed by atoms with Crippen LogP contribution >= 0.6 is 0 Å². The van der Waals surface area contributed by atoms with E-state index in [0.717, 1.165) is 49.8 Å². The number of piperidine rings is 1. The van der Waals surface area contributed by atoms with Crippen molar-refractivity contribution in [1.82, 2.24) is 20.4 Å².